The Morgan fingerprint density at radius 1 is 1.15 bits per heavy atom. The highest BCUT2D eigenvalue weighted by Crippen LogP contribution is 2.55. The Labute approximate surface area is 197 Å². The molecule has 0 fully saturated rings. The van der Waals surface area contributed by atoms with Gasteiger partial charge in [-0.25, -0.2) is 0 Å². The third-order valence-corrected chi connectivity index (χ3v) is 6.74. The van der Waals surface area contributed by atoms with Crippen LogP contribution in [0, 0.1) is 13.8 Å². The number of benzene rings is 2. The molecule has 2 aromatic rings. The summed E-state index contributed by atoms with van der Waals surface area (Å²) in [6, 6.07) is 11.5. The summed E-state index contributed by atoms with van der Waals surface area (Å²) in [5, 5.41) is 8.37. The molecule has 0 aliphatic carbocycles. The highest BCUT2D eigenvalue weighted by molar-refractivity contribution is 8.15. The third-order valence-electron chi connectivity index (χ3n) is 5.50. The van der Waals surface area contributed by atoms with Gasteiger partial charge < -0.3 is 15.0 Å². The number of ether oxygens (including phenoxy) is 1. The molecule has 2 aliphatic rings. The van der Waals surface area contributed by atoms with Crippen LogP contribution >= 0.6 is 11.8 Å². The van der Waals surface area contributed by atoms with Gasteiger partial charge in [0.1, 0.15) is 5.75 Å². The SMILES string of the molecule is CCOc1ccc(CN2C(=O)C3(SC(NC(C)=O)=NN3C(C)=O)c3cc(C)cc(C)c32)cc1. The van der Waals surface area contributed by atoms with Crippen LogP contribution in [0.25, 0.3) is 0 Å². The predicted octanol–water partition coefficient (Wildman–Crippen LogP) is 3.40. The number of carbonyl (C=O) groups is 3. The molecule has 1 atom stereocenters. The summed E-state index contributed by atoms with van der Waals surface area (Å²) in [5.41, 5.74) is 4.28. The second kappa shape index (κ2) is 8.55. The van der Waals surface area contributed by atoms with Crippen LogP contribution in [0.3, 0.4) is 0 Å². The number of thioether (sulfide) groups is 1. The number of anilines is 1. The molecule has 2 aliphatic heterocycles. The van der Waals surface area contributed by atoms with Crippen LogP contribution in [-0.2, 0) is 25.8 Å². The van der Waals surface area contributed by atoms with E-state index >= 15 is 0 Å². The maximum Gasteiger partial charge on any atom is 0.271 e. The molecule has 8 nitrogen and oxygen atoms in total. The highest BCUT2D eigenvalue weighted by Gasteiger charge is 2.61. The van der Waals surface area contributed by atoms with Gasteiger partial charge in [0, 0.05) is 19.4 Å². The molecule has 2 heterocycles. The summed E-state index contributed by atoms with van der Waals surface area (Å²) < 4.78 is 5.52. The van der Waals surface area contributed by atoms with Gasteiger partial charge >= 0.3 is 0 Å². The predicted molar refractivity (Wildman–Crippen MR) is 128 cm³/mol. The first-order valence-corrected chi connectivity index (χ1v) is 11.5. The van der Waals surface area contributed by atoms with Crippen molar-refractivity contribution in [2.75, 3.05) is 11.5 Å². The Balaban J connectivity index is 1.80. The molecule has 9 heteroatoms. The highest BCUT2D eigenvalue weighted by atomic mass is 32.2. The number of amides is 3. The van der Waals surface area contributed by atoms with Crippen molar-refractivity contribution in [1.29, 1.82) is 0 Å². The molecule has 172 valence electrons. The molecular formula is C24H26N4O4S. The minimum atomic E-state index is -1.40. The van der Waals surface area contributed by atoms with Crippen LogP contribution in [0.15, 0.2) is 41.5 Å². The molecular weight excluding hydrogens is 440 g/mol. The minimum absolute atomic E-state index is 0.221. The number of amidine groups is 1. The fourth-order valence-corrected chi connectivity index (χ4v) is 5.64. The number of hydrazone groups is 1. The van der Waals surface area contributed by atoms with Crippen molar-refractivity contribution >= 4 is 40.3 Å². The summed E-state index contributed by atoms with van der Waals surface area (Å²) in [6.07, 6.45) is 0. The van der Waals surface area contributed by atoms with Crippen LogP contribution in [-0.4, -0.2) is 34.5 Å². The van der Waals surface area contributed by atoms with E-state index in [2.05, 4.69) is 10.4 Å². The van der Waals surface area contributed by atoms with Gasteiger partial charge in [0.2, 0.25) is 16.7 Å². The molecule has 1 N–H and O–H groups in total. The van der Waals surface area contributed by atoms with E-state index in [0.717, 1.165) is 39.9 Å². The van der Waals surface area contributed by atoms with Crippen molar-refractivity contribution in [3.05, 3.63) is 58.7 Å². The Morgan fingerprint density at radius 2 is 1.85 bits per heavy atom. The quantitative estimate of drug-likeness (QED) is 0.746. The van der Waals surface area contributed by atoms with Gasteiger partial charge in [-0.3, -0.25) is 14.4 Å². The molecule has 0 saturated carbocycles. The zero-order valence-electron chi connectivity index (χ0n) is 19.3. The standard InChI is InChI=1S/C24H26N4O4S/c1-6-32-19-9-7-18(8-10-19)13-27-21-15(3)11-14(2)12-20(21)24(22(27)31)28(17(5)30)26-23(33-24)25-16(4)29/h7-12H,6,13H2,1-5H3,(H,25,26,29). The Bertz CT molecular complexity index is 1180. The zero-order chi connectivity index (χ0) is 23.9. The smallest absolute Gasteiger partial charge is 0.271 e. The van der Waals surface area contributed by atoms with Gasteiger partial charge in [0.25, 0.3) is 5.91 Å². The maximum atomic E-state index is 14.1. The monoisotopic (exact) mass is 466 g/mol. The average molecular weight is 467 g/mol. The number of rotatable bonds is 4. The van der Waals surface area contributed by atoms with E-state index in [-0.39, 0.29) is 22.9 Å². The second-order valence-electron chi connectivity index (χ2n) is 8.11. The lowest BCUT2D eigenvalue weighted by molar-refractivity contribution is -0.139. The summed E-state index contributed by atoms with van der Waals surface area (Å²) in [4.78, 5) is 38.7. The van der Waals surface area contributed by atoms with Crippen LogP contribution in [0.1, 0.15) is 43.0 Å². The first kappa shape index (κ1) is 22.8. The third kappa shape index (κ3) is 3.86. The number of carbonyl (C=O) groups excluding carboxylic acids is 3. The van der Waals surface area contributed by atoms with Gasteiger partial charge in [-0.1, -0.05) is 29.8 Å². The molecule has 33 heavy (non-hydrogen) atoms. The van der Waals surface area contributed by atoms with E-state index in [1.54, 1.807) is 4.90 Å². The van der Waals surface area contributed by atoms with Crippen molar-refractivity contribution < 1.29 is 19.1 Å². The fraction of sp³-hybridized carbons (Fsp3) is 0.333. The summed E-state index contributed by atoms with van der Waals surface area (Å²) in [7, 11) is 0. The van der Waals surface area contributed by atoms with Crippen molar-refractivity contribution in [1.82, 2.24) is 10.3 Å². The van der Waals surface area contributed by atoms with Gasteiger partial charge in [-0.2, -0.15) is 5.01 Å². The largest absolute Gasteiger partial charge is 0.494 e. The van der Waals surface area contributed by atoms with Crippen molar-refractivity contribution in [3.63, 3.8) is 0 Å². The maximum absolute atomic E-state index is 14.1. The normalized spacial score (nSPS) is 19.1. The first-order chi connectivity index (χ1) is 15.7. The molecule has 3 amide bonds. The van der Waals surface area contributed by atoms with E-state index in [4.69, 9.17) is 4.74 Å². The van der Waals surface area contributed by atoms with E-state index in [1.807, 2.05) is 57.2 Å². The Morgan fingerprint density at radius 3 is 2.45 bits per heavy atom. The molecule has 0 aromatic heterocycles. The molecule has 4 rings (SSSR count). The molecule has 0 radical (unpaired) electrons. The van der Waals surface area contributed by atoms with Gasteiger partial charge in [-0.15, -0.1) is 5.10 Å². The topological polar surface area (TPSA) is 91.3 Å². The number of aryl methyl sites for hydroxylation is 2. The van der Waals surface area contributed by atoms with Crippen LogP contribution in [0.5, 0.6) is 5.75 Å². The zero-order valence-corrected chi connectivity index (χ0v) is 20.1. The average Bonchev–Trinajstić information content (AvgIpc) is 3.22. The minimum Gasteiger partial charge on any atom is -0.494 e. The number of hydrogen-bond donors (Lipinski definition) is 1. The van der Waals surface area contributed by atoms with Crippen LogP contribution in [0.4, 0.5) is 5.69 Å². The van der Waals surface area contributed by atoms with E-state index in [1.165, 1.54) is 18.9 Å². The first-order valence-electron chi connectivity index (χ1n) is 10.7. The Hall–Kier alpha value is -3.33. The molecule has 1 unspecified atom stereocenters. The van der Waals surface area contributed by atoms with Crippen molar-refractivity contribution in [2.24, 2.45) is 5.10 Å². The lowest BCUT2D eigenvalue weighted by Crippen LogP contribution is -2.48. The van der Waals surface area contributed by atoms with Crippen LogP contribution in [0.2, 0.25) is 0 Å². The van der Waals surface area contributed by atoms with E-state index in [0.29, 0.717) is 18.7 Å². The summed E-state index contributed by atoms with van der Waals surface area (Å²) >= 11 is 1.09. The van der Waals surface area contributed by atoms with Crippen molar-refractivity contribution in [3.8, 4) is 5.75 Å². The number of nitrogens with zero attached hydrogens (tertiary/aromatic N) is 3. The summed E-state index contributed by atoms with van der Waals surface area (Å²) in [6.45, 7) is 9.47. The lowest BCUT2D eigenvalue weighted by atomic mass is 10.0. The van der Waals surface area contributed by atoms with Gasteiger partial charge in [0.05, 0.1) is 18.8 Å². The molecule has 0 bridgehead atoms. The van der Waals surface area contributed by atoms with E-state index < -0.39 is 4.87 Å². The Kier molecular flexibility index (Phi) is 5.92. The number of fused-ring (bicyclic) bond motifs is 2. The summed E-state index contributed by atoms with van der Waals surface area (Å²) in [5.74, 6) is -0.215. The van der Waals surface area contributed by atoms with Crippen molar-refractivity contribution in [2.45, 2.75) is 46.0 Å². The van der Waals surface area contributed by atoms with Gasteiger partial charge in [0.15, 0.2) is 5.17 Å². The second-order valence-corrected chi connectivity index (χ2v) is 9.29. The fourth-order valence-electron chi connectivity index (χ4n) is 4.33. The number of hydrogen-bond acceptors (Lipinski definition) is 6. The van der Waals surface area contributed by atoms with Gasteiger partial charge in [-0.05, 0) is 55.8 Å². The number of nitrogens with one attached hydrogen (secondary N) is 1. The molecule has 0 saturated heterocycles. The molecule has 1 spiro atoms. The molecule has 2 aromatic carbocycles. The van der Waals surface area contributed by atoms with Crippen LogP contribution < -0.4 is 15.0 Å². The van der Waals surface area contributed by atoms with E-state index in [9.17, 15) is 14.4 Å². The lowest BCUT2D eigenvalue weighted by Gasteiger charge is -2.29.